The second-order valence-electron chi connectivity index (χ2n) is 9.24. The first-order valence-corrected chi connectivity index (χ1v) is 11.0. The molecule has 8 heteroatoms. The third-order valence-electron chi connectivity index (χ3n) is 5.15. The second-order valence-corrected chi connectivity index (χ2v) is 9.24. The number of aromatic nitrogens is 4. The van der Waals surface area contributed by atoms with Gasteiger partial charge in [0.15, 0.2) is 18.0 Å². The lowest BCUT2D eigenvalue weighted by Crippen LogP contribution is -2.27. The van der Waals surface area contributed by atoms with Crippen molar-refractivity contribution in [3.05, 3.63) is 76.0 Å². The van der Waals surface area contributed by atoms with Crippen LogP contribution in [0.25, 0.3) is 22.6 Å². The highest BCUT2D eigenvalue weighted by Gasteiger charge is 2.20. The topological polar surface area (TPSA) is 87.7 Å². The standard InChI is InChI=1S/C26H28N4O4/c1-16-9-7-10-19(13-16)30-17(2)14-20(28-30)23-18(3)27-24-21(11-8-12-29(24)25(23)32)33-15-22(31)34-26(4,5)6/h7-14H,15H2,1-6H3. The normalized spacial score (nSPS) is 11.6. The summed E-state index contributed by atoms with van der Waals surface area (Å²) < 4.78 is 14.2. The molecule has 0 amide bonds. The van der Waals surface area contributed by atoms with E-state index in [4.69, 9.17) is 14.6 Å². The average molecular weight is 461 g/mol. The van der Waals surface area contributed by atoms with Crippen LogP contribution in [0.15, 0.2) is 53.5 Å². The Hall–Kier alpha value is -3.94. The Labute approximate surface area is 197 Å². The van der Waals surface area contributed by atoms with Crippen LogP contribution in [0.1, 0.15) is 37.7 Å². The van der Waals surface area contributed by atoms with Crippen molar-refractivity contribution in [1.82, 2.24) is 19.2 Å². The van der Waals surface area contributed by atoms with Crippen molar-refractivity contribution < 1.29 is 14.3 Å². The predicted octanol–water partition coefficient (Wildman–Crippen LogP) is 4.19. The molecule has 176 valence electrons. The van der Waals surface area contributed by atoms with Crippen LogP contribution in [0.2, 0.25) is 0 Å². The van der Waals surface area contributed by atoms with Crippen molar-refractivity contribution in [2.75, 3.05) is 6.61 Å². The summed E-state index contributed by atoms with van der Waals surface area (Å²) in [5.74, 6) is -0.177. The number of aryl methyl sites for hydroxylation is 3. The molecule has 3 heterocycles. The van der Waals surface area contributed by atoms with Gasteiger partial charge in [0.05, 0.1) is 16.9 Å². The number of pyridine rings is 1. The zero-order valence-electron chi connectivity index (χ0n) is 20.2. The molecule has 0 radical (unpaired) electrons. The maximum absolute atomic E-state index is 13.5. The summed E-state index contributed by atoms with van der Waals surface area (Å²) in [6.45, 7) is 10.8. The van der Waals surface area contributed by atoms with Gasteiger partial charge < -0.3 is 9.47 Å². The van der Waals surface area contributed by atoms with Gasteiger partial charge >= 0.3 is 5.97 Å². The minimum absolute atomic E-state index is 0.265. The molecule has 0 saturated carbocycles. The molecule has 0 atom stereocenters. The number of hydrogen-bond acceptors (Lipinski definition) is 6. The number of hydrogen-bond donors (Lipinski definition) is 0. The van der Waals surface area contributed by atoms with Crippen molar-refractivity contribution in [2.24, 2.45) is 0 Å². The number of fused-ring (bicyclic) bond motifs is 1. The lowest BCUT2D eigenvalue weighted by molar-refractivity contribution is -0.157. The fraction of sp³-hybridized carbons (Fsp3) is 0.308. The van der Waals surface area contributed by atoms with Gasteiger partial charge in [-0.25, -0.2) is 14.5 Å². The molecule has 4 rings (SSSR count). The third kappa shape index (κ3) is 4.71. The van der Waals surface area contributed by atoms with Crippen molar-refractivity contribution in [3.8, 4) is 22.7 Å². The Morgan fingerprint density at radius 2 is 1.82 bits per heavy atom. The van der Waals surface area contributed by atoms with E-state index < -0.39 is 11.6 Å². The summed E-state index contributed by atoms with van der Waals surface area (Å²) in [6.07, 6.45) is 1.62. The lowest BCUT2D eigenvalue weighted by Gasteiger charge is -2.19. The molecule has 0 unspecified atom stereocenters. The first-order chi connectivity index (χ1) is 16.0. The molecule has 4 aromatic rings. The van der Waals surface area contributed by atoms with Gasteiger partial charge in [0.1, 0.15) is 11.3 Å². The highest BCUT2D eigenvalue weighted by Crippen LogP contribution is 2.24. The van der Waals surface area contributed by atoms with Gasteiger partial charge in [0, 0.05) is 11.9 Å². The van der Waals surface area contributed by atoms with E-state index in [1.54, 1.807) is 46.0 Å². The van der Waals surface area contributed by atoms with E-state index in [0.717, 1.165) is 16.9 Å². The fourth-order valence-electron chi connectivity index (χ4n) is 3.78. The zero-order chi connectivity index (χ0) is 24.6. The maximum Gasteiger partial charge on any atom is 0.344 e. The SMILES string of the molecule is Cc1cccc(-n2nc(-c3c(C)nc4c(OCC(=O)OC(C)(C)C)cccn4c3=O)cc2C)c1. The monoisotopic (exact) mass is 460 g/mol. The minimum atomic E-state index is -0.611. The Morgan fingerprint density at radius 3 is 2.53 bits per heavy atom. The average Bonchev–Trinajstić information content (AvgIpc) is 3.12. The second kappa shape index (κ2) is 8.78. The number of nitrogens with zero attached hydrogens (tertiary/aromatic N) is 4. The van der Waals surface area contributed by atoms with Gasteiger partial charge in [0.25, 0.3) is 5.56 Å². The lowest BCUT2D eigenvalue weighted by atomic mass is 10.1. The predicted molar refractivity (Wildman–Crippen MR) is 130 cm³/mol. The minimum Gasteiger partial charge on any atom is -0.478 e. The van der Waals surface area contributed by atoms with Crippen LogP contribution in [0, 0.1) is 20.8 Å². The van der Waals surface area contributed by atoms with E-state index in [1.807, 2.05) is 48.9 Å². The number of rotatable bonds is 5. The van der Waals surface area contributed by atoms with Crippen LogP contribution < -0.4 is 10.3 Å². The molecule has 3 aromatic heterocycles. The van der Waals surface area contributed by atoms with E-state index in [2.05, 4.69) is 4.98 Å². The molecule has 0 bridgehead atoms. The fourth-order valence-corrected chi connectivity index (χ4v) is 3.78. The molecule has 0 spiro atoms. The summed E-state index contributed by atoms with van der Waals surface area (Å²) in [5.41, 5.74) is 3.88. The first kappa shape index (κ1) is 23.2. The van der Waals surface area contributed by atoms with Gasteiger partial charge in [-0.3, -0.25) is 9.20 Å². The van der Waals surface area contributed by atoms with Crippen LogP contribution in [0.4, 0.5) is 0 Å². The molecular weight excluding hydrogens is 432 g/mol. The largest absolute Gasteiger partial charge is 0.478 e. The molecule has 0 aliphatic rings. The molecule has 0 fully saturated rings. The quantitative estimate of drug-likeness (QED) is 0.415. The summed E-state index contributed by atoms with van der Waals surface area (Å²) in [5, 5.41) is 4.71. The molecular formula is C26H28N4O4. The summed E-state index contributed by atoms with van der Waals surface area (Å²) in [6, 6.07) is 13.2. The van der Waals surface area contributed by atoms with E-state index in [0.29, 0.717) is 28.3 Å². The van der Waals surface area contributed by atoms with Gasteiger partial charge in [-0.15, -0.1) is 0 Å². The van der Waals surface area contributed by atoms with Crippen molar-refractivity contribution in [3.63, 3.8) is 0 Å². The van der Waals surface area contributed by atoms with E-state index in [-0.39, 0.29) is 12.2 Å². The number of carbonyl (C=O) groups is 1. The summed E-state index contributed by atoms with van der Waals surface area (Å²) >= 11 is 0. The van der Waals surface area contributed by atoms with Crippen molar-refractivity contribution in [2.45, 2.75) is 47.1 Å². The highest BCUT2D eigenvalue weighted by molar-refractivity contribution is 5.72. The van der Waals surface area contributed by atoms with E-state index >= 15 is 0 Å². The van der Waals surface area contributed by atoms with Gasteiger partial charge in [-0.2, -0.15) is 5.10 Å². The molecule has 0 aliphatic carbocycles. The Morgan fingerprint density at radius 1 is 1.06 bits per heavy atom. The highest BCUT2D eigenvalue weighted by atomic mass is 16.6. The van der Waals surface area contributed by atoms with Crippen LogP contribution in [-0.4, -0.2) is 37.3 Å². The summed E-state index contributed by atoms with van der Waals surface area (Å²) in [7, 11) is 0. The number of benzene rings is 1. The smallest absolute Gasteiger partial charge is 0.344 e. The Kier molecular flexibility index (Phi) is 6.00. The van der Waals surface area contributed by atoms with Crippen LogP contribution in [-0.2, 0) is 9.53 Å². The summed E-state index contributed by atoms with van der Waals surface area (Å²) in [4.78, 5) is 30.2. The molecule has 0 saturated heterocycles. The van der Waals surface area contributed by atoms with Crippen LogP contribution in [0.3, 0.4) is 0 Å². The molecule has 1 aromatic carbocycles. The van der Waals surface area contributed by atoms with Gasteiger partial charge in [-0.05, 0) is 77.4 Å². The molecule has 0 N–H and O–H groups in total. The Bertz CT molecular complexity index is 1440. The maximum atomic E-state index is 13.5. The van der Waals surface area contributed by atoms with Crippen molar-refractivity contribution >= 4 is 11.6 Å². The number of carbonyl (C=O) groups excluding carboxylic acids is 1. The zero-order valence-corrected chi connectivity index (χ0v) is 20.2. The van der Waals surface area contributed by atoms with Crippen LogP contribution in [0.5, 0.6) is 5.75 Å². The third-order valence-corrected chi connectivity index (χ3v) is 5.15. The number of ether oxygens (including phenoxy) is 2. The van der Waals surface area contributed by atoms with Crippen LogP contribution >= 0.6 is 0 Å². The Balaban J connectivity index is 1.72. The van der Waals surface area contributed by atoms with E-state index in [1.165, 1.54) is 4.40 Å². The molecule has 8 nitrogen and oxygen atoms in total. The molecule has 34 heavy (non-hydrogen) atoms. The van der Waals surface area contributed by atoms with Gasteiger partial charge in [0.2, 0.25) is 0 Å². The van der Waals surface area contributed by atoms with Crippen molar-refractivity contribution in [1.29, 1.82) is 0 Å². The van der Waals surface area contributed by atoms with Gasteiger partial charge in [-0.1, -0.05) is 12.1 Å². The first-order valence-electron chi connectivity index (χ1n) is 11.0. The van der Waals surface area contributed by atoms with E-state index in [9.17, 15) is 9.59 Å². The number of esters is 1. The molecule has 0 aliphatic heterocycles.